The minimum absolute atomic E-state index is 0.0440. The summed E-state index contributed by atoms with van der Waals surface area (Å²) < 4.78 is 7.00. The van der Waals surface area contributed by atoms with E-state index in [4.69, 9.17) is 12.3 Å². The molecule has 1 rings (SSSR count). The zero-order valence-corrected chi connectivity index (χ0v) is 4.59. The second kappa shape index (κ2) is 1.85. The van der Waals surface area contributed by atoms with E-state index in [-0.39, 0.29) is 18.2 Å². The highest BCUT2D eigenvalue weighted by Gasteiger charge is 2.15. The summed E-state index contributed by atoms with van der Waals surface area (Å²) in [7, 11) is 0. The van der Waals surface area contributed by atoms with E-state index in [1.54, 1.807) is 0 Å². The summed E-state index contributed by atoms with van der Waals surface area (Å²) in [5, 5.41) is 11.7. The smallest absolute Gasteiger partial charge is 0.355 e. The van der Waals surface area contributed by atoms with Gasteiger partial charge >= 0.3 is 5.97 Å². The van der Waals surface area contributed by atoms with Gasteiger partial charge < -0.3 is 21.5 Å². The number of aliphatic carboxylic acids is 1. The molecule has 0 spiro atoms. The van der Waals surface area contributed by atoms with Crippen molar-refractivity contribution in [2.45, 2.75) is 0 Å². The van der Waals surface area contributed by atoms with Gasteiger partial charge in [0.1, 0.15) is 5.82 Å². The predicted octanol–water partition coefficient (Wildman–Crippen LogP) is -1.65. The Morgan fingerprint density at radius 1 is 2.00 bits per heavy atom. The standard InChI is InChI=1S/C4H7N3O2/c5-3-2(4(8)9)6-1-7-3/h6-7H,1,5H2,(H,8,9)/i/hD. The zero-order valence-electron chi connectivity index (χ0n) is 5.59. The van der Waals surface area contributed by atoms with Crippen LogP contribution in [0.25, 0.3) is 0 Å². The summed E-state index contributed by atoms with van der Waals surface area (Å²) >= 11 is 0. The summed E-state index contributed by atoms with van der Waals surface area (Å²) in [5.74, 6) is -1.14. The molecule has 0 aromatic rings. The SMILES string of the molecule is [2H]N1CNC(N)=C1C(=O)O. The normalized spacial score (nSPS) is 19.6. The molecule has 5 heteroatoms. The lowest BCUT2D eigenvalue weighted by atomic mass is 10.4. The van der Waals surface area contributed by atoms with Crippen LogP contribution in [0.5, 0.6) is 0 Å². The maximum absolute atomic E-state index is 10.3. The van der Waals surface area contributed by atoms with Crippen molar-refractivity contribution in [2.24, 2.45) is 5.73 Å². The molecule has 0 aromatic heterocycles. The Morgan fingerprint density at radius 3 is 2.89 bits per heavy atom. The van der Waals surface area contributed by atoms with Crippen molar-refractivity contribution >= 4 is 5.97 Å². The van der Waals surface area contributed by atoms with E-state index in [9.17, 15) is 4.79 Å². The molecule has 1 heterocycles. The first kappa shape index (κ1) is 4.49. The molecular formula is C4H7N3O2. The molecule has 5 N–H and O–H groups in total. The maximum Gasteiger partial charge on any atom is 0.355 e. The Morgan fingerprint density at radius 2 is 2.67 bits per heavy atom. The van der Waals surface area contributed by atoms with Gasteiger partial charge in [0, 0.05) is 0 Å². The lowest BCUT2D eigenvalue weighted by Crippen LogP contribution is -2.18. The van der Waals surface area contributed by atoms with Crippen LogP contribution in [0.1, 0.15) is 0 Å². The van der Waals surface area contributed by atoms with Gasteiger partial charge in [-0.2, -0.15) is 0 Å². The Labute approximate surface area is 53.0 Å². The summed E-state index contributed by atoms with van der Waals surface area (Å²) in [6.45, 7) is 0.132. The molecule has 50 valence electrons. The Bertz CT molecular complexity index is 203. The van der Waals surface area contributed by atoms with Gasteiger partial charge in [0.25, 0.3) is 0 Å². The highest BCUT2D eigenvalue weighted by Crippen LogP contribution is 1.95. The van der Waals surface area contributed by atoms with Crippen molar-refractivity contribution in [1.82, 2.24) is 10.6 Å². The number of nitrogens with two attached hydrogens (primary N) is 1. The monoisotopic (exact) mass is 130 g/mol. The first-order valence-corrected chi connectivity index (χ1v) is 2.36. The summed E-state index contributed by atoms with van der Waals surface area (Å²) in [5.41, 5.74) is 5.00. The van der Waals surface area contributed by atoms with Crippen molar-refractivity contribution in [2.75, 3.05) is 6.67 Å². The number of nitrogens with one attached hydrogen (secondary N) is 2. The number of hydrogen-bond acceptors (Lipinski definition) is 4. The second-order valence-corrected chi connectivity index (χ2v) is 1.56. The molecule has 0 radical (unpaired) electrons. The molecule has 1 aliphatic heterocycles. The lowest BCUT2D eigenvalue weighted by Gasteiger charge is -1.92. The molecule has 0 saturated carbocycles. The molecule has 0 fully saturated rings. The van der Waals surface area contributed by atoms with E-state index in [0.29, 0.717) is 0 Å². The van der Waals surface area contributed by atoms with Crippen LogP contribution in [0.15, 0.2) is 11.5 Å². The molecule has 0 saturated heterocycles. The molecule has 9 heavy (non-hydrogen) atoms. The molecule has 0 amide bonds. The number of carbonyl (C=O) groups is 1. The predicted molar refractivity (Wildman–Crippen MR) is 30.0 cm³/mol. The fourth-order valence-electron chi connectivity index (χ4n) is 0.555. The highest BCUT2D eigenvalue weighted by atomic mass is 16.4. The van der Waals surface area contributed by atoms with Gasteiger partial charge in [0.15, 0.2) is 7.11 Å². The van der Waals surface area contributed by atoms with Crippen molar-refractivity contribution in [1.29, 1.82) is 0 Å². The summed E-state index contributed by atoms with van der Waals surface area (Å²) in [6.07, 6.45) is 0. The van der Waals surface area contributed by atoms with E-state index in [2.05, 4.69) is 5.32 Å². The first-order valence-electron chi connectivity index (χ1n) is 2.81. The van der Waals surface area contributed by atoms with Gasteiger partial charge in [-0.3, -0.25) is 0 Å². The third-order valence-corrected chi connectivity index (χ3v) is 0.964. The Balaban J connectivity index is 2.88. The van der Waals surface area contributed by atoms with Crippen LogP contribution in [0, 0.1) is 0 Å². The van der Waals surface area contributed by atoms with Gasteiger partial charge in [0.05, 0.1) is 6.67 Å². The van der Waals surface area contributed by atoms with Crippen LogP contribution in [0.4, 0.5) is 0 Å². The van der Waals surface area contributed by atoms with Crippen molar-refractivity contribution in [3.8, 4) is 0 Å². The highest BCUT2D eigenvalue weighted by molar-refractivity contribution is 5.87. The largest absolute Gasteiger partial charge is 0.476 e. The molecule has 0 bridgehead atoms. The fourth-order valence-corrected chi connectivity index (χ4v) is 0.555. The molecule has 0 atom stereocenters. The second-order valence-electron chi connectivity index (χ2n) is 1.56. The maximum atomic E-state index is 10.3. The first-order chi connectivity index (χ1) is 4.63. The average Bonchev–Trinajstić information content (AvgIpc) is 2.11. The number of carboxylic acids is 1. The van der Waals surface area contributed by atoms with Gasteiger partial charge in [-0.05, 0) is 0 Å². The van der Waals surface area contributed by atoms with Crippen LogP contribution in [0.2, 0.25) is 1.41 Å². The third-order valence-electron chi connectivity index (χ3n) is 0.964. The average molecular weight is 130 g/mol. The summed E-state index contributed by atoms with van der Waals surface area (Å²) in [4.78, 5) is 10.3. The van der Waals surface area contributed by atoms with Gasteiger partial charge in [0.2, 0.25) is 0 Å². The topological polar surface area (TPSA) is 87.4 Å². The Hall–Kier alpha value is -1.39. The minimum atomic E-state index is -1.18. The van der Waals surface area contributed by atoms with E-state index in [0.717, 1.165) is 5.31 Å². The Kier molecular flexibility index (Phi) is 0.921. The third kappa shape index (κ3) is 0.883. The minimum Gasteiger partial charge on any atom is -0.476 e. The van der Waals surface area contributed by atoms with Gasteiger partial charge in [-0.1, -0.05) is 0 Å². The van der Waals surface area contributed by atoms with Crippen molar-refractivity contribution < 1.29 is 11.3 Å². The molecular weight excluding hydrogens is 122 g/mol. The molecule has 0 aromatic carbocycles. The zero-order chi connectivity index (χ0) is 7.72. The molecule has 1 aliphatic rings. The molecule has 0 aliphatic carbocycles. The van der Waals surface area contributed by atoms with Crippen LogP contribution in [0.3, 0.4) is 0 Å². The molecule has 5 nitrogen and oxygen atoms in total. The number of carboxylic acid groups (broad SMARTS) is 1. The van der Waals surface area contributed by atoms with Crippen LogP contribution >= 0.6 is 0 Å². The van der Waals surface area contributed by atoms with E-state index in [1.807, 2.05) is 0 Å². The number of hydrogen-bond donors (Lipinski definition) is 4. The van der Waals surface area contributed by atoms with Crippen LogP contribution in [-0.2, 0) is 4.79 Å². The number of rotatable bonds is 1. The van der Waals surface area contributed by atoms with Gasteiger partial charge in [-0.15, -0.1) is 0 Å². The van der Waals surface area contributed by atoms with E-state index >= 15 is 0 Å². The van der Waals surface area contributed by atoms with E-state index in [1.165, 1.54) is 0 Å². The van der Waals surface area contributed by atoms with Crippen LogP contribution < -0.4 is 16.4 Å². The van der Waals surface area contributed by atoms with Crippen molar-refractivity contribution in [3.63, 3.8) is 0 Å². The summed E-state index contributed by atoms with van der Waals surface area (Å²) in [6, 6.07) is 0. The van der Waals surface area contributed by atoms with Crippen LogP contribution in [-0.4, -0.2) is 17.7 Å². The quantitative estimate of drug-likeness (QED) is 0.341. The lowest BCUT2D eigenvalue weighted by molar-refractivity contribution is -0.133. The fraction of sp³-hybridized carbons (Fsp3) is 0.250. The van der Waals surface area contributed by atoms with Crippen molar-refractivity contribution in [3.05, 3.63) is 11.5 Å². The molecule has 0 unspecified atom stereocenters. The van der Waals surface area contributed by atoms with Gasteiger partial charge in [-0.25, -0.2) is 4.79 Å². The van der Waals surface area contributed by atoms with E-state index < -0.39 is 5.97 Å².